The molecule has 0 bridgehead atoms. The zero-order chi connectivity index (χ0) is 13.7. The predicted octanol–water partition coefficient (Wildman–Crippen LogP) is 2.70. The third-order valence-electron chi connectivity index (χ3n) is 3.82. The van der Waals surface area contributed by atoms with E-state index in [1.165, 1.54) is 32.4 Å². The van der Waals surface area contributed by atoms with E-state index in [2.05, 4.69) is 41.2 Å². The fourth-order valence-corrected chi connectivity index (χ4v) is 2.54. The molecule has 0 saturated carbocycles. The van der Waals surface area contributed by atoms with Crippen molar-refractivity contribution in [2.45, 2.75) is 58.4 Å². The standard InChI is InChI=1S/C14H26N4O/c1-4-8-12-16-17-13(19-12)15-11-14(2,3)18-9-6-5-7-10-18/h4-11H2,1-3H3,(H,15,17). The van der Waals surface area contributed by atoms with Crippen molar-refractivity contribution in [1.82, 2.24) is 15.1 Å². The lowest BCUT2D eigenvalue weighted by Gasteiger charge is -2.40. The quantitative estimate of drug-likeness (QED) is 0.858. The molecule has 0 atom stereocenters. The maximum Gasteiger partial charge on any atom is 0.315 e. The summed E-state index contributed by atoms with van der Waals surface area (Å²) in [5.41, 5.74) is 0.125. The second kappa shape index (κ2) is 6.37. The van der Waals surface area contributed by atoms with Crippen LogP contribution in [0.15, 0.2) is 4.42 Å². The highest BCUT2D eigenvalue weighted by Gasteiger charge is 2.28. The van der Waals surface area contributed by atoms with Gasteiger partial charge in [-0.2, -0.15) is 0 Å². The Labute approximate surface area is 115 Å². The average Bonchev–Trinajstić information content (AvgIpc) is 2.86. The van der Waals surface area contributed by atoms with Gasteiger partial charge in [0.05, 0.1) is 0 Å². The van der Waals surface area contributed by atoms with Crippen LogP contribution in [0.25, 0.3) is 0 Å². The van der Waals surface area contributed by atoms with Crippen molar-refractivity contribution in [2.75, 3.05) is 25.0 Å². The minimum atomic E-state index is 0.125. The monoisotopic (exact) mass is 266 g/mol. The van der Waals surface area contributed by atoms with Gasteiger partial charge in [0.15, 0.2) is 0 Å². The molecular formula is C14H26N4O. The number of aryl methyl sites for hydroxylation is 1. The molecule has 108 valence electrons. The Bertz CT molecular complexity index is 383. The molecule has 1 fully saturated rings. The van der Waals surface area contributed by atoms with Gasteiger partial charge in [0, 0.05) is 18.5 Å². The Balaban J connectivity index is 1.85. The van der Waals surface area contributed by atoms with Crippen LogP contribution in [0.4, 0.5) is 6.01 Å². The molecule has 5 nitrogen and oxygen atoms in total. The second-order valence-electron chi connectivity index (χ2n) is 5.96. The van der Waals surface area contributed by atoms with Gasteiger partial charge in [-0.15, -0.1) is 5.10 Å². The third kappa shape index (κ3) is 3.93. The highest BCUT2D eigenvalue weighted by atomic mass is 16.4. The van der Waals surface area contributed by atoms with Gasteiger partial charge in [-0.1, -0.05) is 18.4 Å². The topological polar surface area (TPSA) is 54.2 Å². The van der Waals surface area contributed by atoms with E-state index < -0.39 is 0 Å². The third-order valence-corrected chi connectivity index (χ3v) is 3.82. The van der Waals surface area contributed by atoms with Crippen LogP contribution in [-0.2, 0) is 6.42 Å². The maximum atomic E-state index is 5.55. The number of hydrogen-bond donors (Lipinski definition) is 1. The number of nitrogens with one attached hydrogen (secondary N) is 1. The molecule has 1 N–H and O–H groups in total. The predicted molar refractivity (Wildman–Crippen MR) is 76.3 cm³/mol. The van der Waals surface area contributed by atoms with Crippen LogP contribution in [0.3, 0.4) is 0 Å². The van der Waals surface area contributed by atoms with Gasteiger partial charge in [0.25, 0.3) is 0 Å². The molecule has 0 aromatic carbocycles. The number of rotatable bonds is 6. The lowest BCUT2D eigenvalue weighted by Crippen LogP contribution is -2.50. The van der Waals surface area contributed by atoms with Gasteiger partial charge in [-0.3, -0.25) is 4.90 Å². The first-order valence-corrected chi connectivity index (χ1v) is 7.43. The molecule has 1 aliphatic rings. The van der Waals surface area contributed by atoms with Crippen LogP contribution >= 0.6 is 0 Å². The van der Waals surface area contributed by atoms with Crippen LogP contribution in [-0.4, -0.2) is 40.3 Å². The van der Waals surface area contributed by atoms with Crippen molar-refractivity contribution in [3.63, 3.8) is 0 Å². The van der Waals surface area contributed by atoms with Crippen LogP contribution in [0.1, 0.15) is 52.3 Å². The zero-order valence-corrected chi connectivity index (χ0v) is 12.4. The number of aromatic nitrogens is 2. The minimum Gasteiger partial charge on any atom is -0.408 e. The van der Waals surface area contributed by atoms with E-state index in [1.807, 2.05) is 0 Å². The molecule has 0 spiro atoms. The van der Waals surface area contributed by atoms with Crippen LogP contribution in [0, 0.1) is 0 Å². The molecule has 0 amide bonds. The van der Waals surface area contributed by atoms with Crippen molar-refractivity contribution in [1.29, 1.82) is 0 Å². The fraction of sp³-hybridized carbons (Fsp3) is 0.857. The number of likely N-dealkylation sites (tertiary alicyclic amines) is 1. The molecule has 2 heterocycles. The van der Waals surface area contributed by atoms with E-state index >= 15 is 0 Å². The van der Waals surface area contributed by atoms with Gasteiger partial charge in [-0.25, -0.2) is 0 Å². The van der Waals surface area contributed by atoms with E-state index in [4.69, 9.17) is 4.42 Å². The molecule has 0 aliphatic carbocycles. The highest BCUT2D eigenvalue weighted by Crippen LogP contribution is 2.21. The Morgan fingerprint density at radius 1 is 1.21 bits per heavy atom. The summed E-state index contributed by atoms with van der Waals surface area (Å²) in [7, 11) is 0. The largest absolute Gasteiger partial charge is 0.408 e. The Morgan fingerprint density at radius 2 is 1.95 bits per heavy atom. The maximum absolute atomic E-state index is 5.55. The van der Waals surface area contributed by atoms with Gasteiger partial charge in [-0.05, 0) is 46.2 Å². The molecule has 1 aliphatic heterocycles. The summed E-state index contributed by atoms with van der Waals surface area (Å²) in [4.78, 5) is 2.55. The van der Waals surface area contributed by atoms with Gasteiger partial charge < -0.3 is 9.73 Å². The number of anilines is 1. The summed E-state index contributed by atoms with van der Waals surface area (Å²) in [5, 5.41) is 11.3. The number of piperidine rings is 1. The lowest BCUT2D eigenvalue weighted by atomic mass is 9.98. The van der Waals surface area contributed by atoms with E-state index in [1.54, 1.807) is 0 Å². The smallest absolute Gasteiger partial charge is 0.315 e. The normalized spacial score (nSPS) is 17.6. The van der Waals surface area contributed by atoms with E-state index in [9.17, 15) is 0 Å². The molecule has 2 rings (SSSR count). The first-order valence-electron chi connectivity index (χ1n) is 7.43. The number of hydrogen-bond acceptors (Lipinski definition) is 5. The van der Waals surface area contributed by atoms with Crippen LogP contribution in [0.2, 0.25) is 0 Å². The Kier molecular flexibility index (Phi) is 4.80. The summed E-state index contributed by atoms with van der Waals surface area (Å²) in [6, 6.07) is 0.550. The fourth-order valence-electron chi connectivity index (χ4n) is 2.54. The van der Waals surface area contributed by atoms with Crippen molar-refractivity contribution < 1.29 is 4.42 Å². The van der Waals surface area contributed by atoms with Crippen LogP contribution < -0.4 is 5.32 Å². The SMILES string of the molecule is CCCc1nnc(NCC(C)(C)N2CCCCC2)o1. The van der Waals surface area contributed by atoms with Gasteiger partial charge in [0.1, 0.15) is 0 Å². The summed E-state index contributed by atoms with van der Waals surface area (Å²) in [6.45, 7) is 9.88. The van der Waals surface area contributed by atoms with Crippen molar-refractivity contribution in [3.8, 4) is 0 Å². The van der Waals surface area contributed by atoms with E-state index in [-0.39, 0.29) is 5.54 Å². The van der Waals surface area contributed by atoms with Crippen molar-refractivity contribution in [2.24, 2.45) is 0 Å². The molecule has 1 aromatic heterocycles. The average molecular weight is 266 g/mol. The summed E-state index contributed by atoms with van der Waals surface area (Å²) >= 11 is 0. The first-order chi connectivity index (χ1) is 9.12. The molecule has 0 radical (unpaired) electrons. The van der Waals surface area contributed by atoms with E-state index in [0.29, 0.717) is 6.01 Å². The van der Waals surface area contributed by atoms with Crippen LogP contribution in [0.5, 0.6) is 0 Å². The van der Waals surface area contributed by atoms with Crippen molar-refractivity contribution >= 4 is 6.01 Å². The summed E-state index contributed by atoms with van der Waals surface area (Å²) in [6.07, 6.45) is 5.87. The molecule has 1 saturated heterocycles. The van der Waals surface area contributed by atoms with Gasteiger partial charge in [0.2, 0.25) is 5.89 Å². The zero-order valence-electron chi connectivity index (χ0n) is 12.4. The molecule has 5 heteroatoms. The molecule has 0 unspecified atom stereocenters. The number of nitrogens with zero attached hydrogens (tertiary/aromatic N) is 3. The summed E-state index contributed by atoms with van der Waals surface area (Å²) < 4.78 is 5.55. The lowest BCUT2D eigenvalue weighted by molar-refractivity contribution is 0.105. The van der Waals surface area contributed by atoms with E-state index in [0.717, 1.165) is 25.3 Å². The minimum absolute atomic E-state index is 0.125. The molecule has 1 aromatic rings. The molecular weight excluding hydrogens is 240 g/mol. The van der Waals surface area contributed by atoms with Crippen molar-refractivity contribution in [3.05, 3.63) is 5.89 Å². The first kappa shape index (κ1) is 14.3. The second-order valence-corrected chi connectivity index (χ2v) is 5.96. The van der Waals surface area contributed by atoms with Gasteiger partial charge >= 0.3 is 6.01 Å². The highest BCUT2D eigenvalue weighted by molar-refractivity contribution is 5.18. The molecule has 19 heavy (non-hydrogen) atoms. The Hall–Kier alpha value is -1.10. The Morgan fingerprint density at radius 3 is 2.63 bits per heavy atom. The summed E-state index contributed by atoms with van der Waals surface area (Å²) in [5.74, 6) is 0.723.